The zero-order valence-corrected chi connectivity index (χ0v) is 20.4. The lowest BCUT2D eigenvalue weighted by Crippen LogP contribution is -2.31. The molecule has 1 aliphatic heterocycles. The van der Waals surface area contributed by atoms with Gasteiger partial charge >= 0.3 is 0 Å². The van der Waals surface area contributed by atoms with Crippen molar-refractivity contribution in [3.05, 3.63) is 64.6 Å². The van der Waals surface area contributed by atoms with Gasteiger partial charge in [-0.25, -0.2) is 9.97 Å². The molecule has 0 bridgehead atoms. The van der Waals surface area contributed by atoms with Gasteiger partial charge in [0.1, 0.15) is 17.0 Å². The molecular weight excluding hydrogens is 448 g/mol. The summed E-state index contributed by atoms with van der Waals surface area (Å²) in [4.78, 5) is 31.4. The van der Waals surface area contributed by atoms with E-state index in [4.69, 9.17) is 9.97 Å². The molecule has 1 aliphatic carbocycles. The molecule has 1 atom stereocenters. The molecule has 33 heavy (non-hydrogen) atoms. The first-order valence-electron chi connectivity index (χ1n) is 11.5. The lowest BCUT2D eigenvalue weighted by Gasteiger charge is -2.23. The number of para-hydroxylation sites is 1. The quantitative estimate of drug-likeness (QED) is 0.332. The van der Waals surface area contributed by atoms with Crippen molar-refractivity contribution in [2.45, 2.75) is 49.5 Å². The number of imidazole rings is 1. The fourth-order valence-corrected chi connectivity index (χ4v) is 6.46. The molecule has 2 aromatic carbocycles. The number of carbonyl (C=O) groups is 1. The molecule has 1 saturated heterocycles. The predicted octanol–water partition coefficient (Wildman–Crippen LogP) is 6.57. The third kappa shape index (κ3) is 3.77. The van der Waals surface area contributed by atoms with Crippen LogP contribution in [0.5, 0.6) is 0 Å². The Labute approximate surface area is 201 Å². The Morgan fingerprint density at radius 1 is 1.12 bits per heavy atom. The number of benzene rings is 2. The first-order valence-corrected chi connectivity index (χ1v) is 13.6. The highest BCUT2D eigenvalue weighted by Gasteiger charge is 2.37. The second-order valence-electron chi connectivity index (χ2n) is 9.01. The minimum atomic E-state index is -0.0449. The van der Waals surface area contributed by atoms with E-state index < -0.39 is 0 Å². The van der Waals surface area contributed by atoms with Crippen LogP contribution in [0.25, 0.3) is 21.5 Å². The number of aromatic amines is 1. The van der Waals surface area contributed by atoms with Gasteiger partial charge in [0.15, 0.2) is 0 Å². The van der Waals surface area contributed by atoms with E-state index in [1.807, 2.05) is 4.90 Å². The molecular formula is C26H26N4OS2. The Hall–Kier alpha value is -2.64. The molecule has 6 rings (SSSR count). The van der Waals surface area contributed by atoms with Crippen LogP contribution in [-0.4, -0.2) is 38.6 Å². The largest absolute Gasteiger partial charge is 0.340 e. The second-order valence-corrected chi connectivity index (χ2v) is 10.9. The van der Waals surface area contributed by atoms with Gasteiger partial charge in [-0.05, 0) is 56.6 Å². The second kappa shape index (κ2) is 8.29. The Balaban J connectivity index is 1.37. The number of fused-ring (bicyclic) bond motifs is 1. The average molecular weight is 475 g/mol. The van der Waals surface area contributed by atoms with Crippen LogP contribution in [0.1, 0.15) is 64.5 Å². The third-order valence-corrected chi connectivity index (χ3v) is 8.67. The summed E-state index contributed by atoms with van der Waals surface area (Å²) < 4.78 is 0. The van der Waals surface area contributed by atoms with Crippen LogP contribution in [0.15, 0.2) is 47.4 Å². The summed E-state index contributed by atoms with van der Waals surface area (Å²) in [5.74, 6) is 1.43. The van der Waals surface area contributed by atoms with E-state index in [1.54, 1.807) is 23.1 Å². The maximum absolute atomic E-state index is 13.9. The lowest BCUT2D eigenvalue weighted by atomic mass is 10.1. The molecule has 2 fully saturated rings. The molecule has 7 heteroatoms. The van der Waals surface area contributed by atoms with Crippen molar-refractivity contribution in [1.29, 1.82) is 0 Å². The number of amides is 1. The predicted molar refractivity (Wildman–Crippen MR) is 135 cm³/mol. The van der Waals surface area contributed by atoms with Gasteiger partial charge in [-0.2, -0.15) is 0 Å². The standard InChI is InChI=1S/C26H26N4OS2/c1-15-8-10-16(11-9-15)23-22(29-25(33-23)17-12-13-17)26(31)30-14-4-6-19(30)24-27-18-5-3-7-20(32-2)21(18)28-24/h3,5,7-11,17,19H,4,6,12-14H2,1-2H3,(H,27,28). The van der Waals surface area contributed by atoms with Crippen LogP contribution in [-0.2, 0) is 0 Å². The zero-order chi connectivity index (χ0) is 22.5. The number of thioether (sulfide) groups is 1. The van der Waals surface area contributed by atoms with Crippen LogP contribution < -0.4 is 0 Å². The number of aromatic nitrogens is 3. The SMILES string of the molecule is CSc1cccc2[nH]c(C3CCCN3C(=O)c3nc(C4CC4)sc3-c3ccc(C)cc3)nc12. The zero-order valence-electron chi connectivity index (χ0n) is 18.8. The molecule has 1 unspecified atom stereocenters. The van der Waals surface area contributed by atoms with Gasteiger partial charge in [0.25, 0.3) is 5.91 Å². The van der Waals surface area contributed by atoms with Crippen molar-refractivity contribution in [2.75, 3.05) is 12.8 Å². The monoisotopic (exact) mass is 474 g/mol. The summed E-state index contributed by atoms with van der Waals surface area (Å²) in [6.07, 6.45) is 6.32. The first kappa shape index (κ1) is 20.9. The highest BCUT2D eigenvalue weighted by atomic mass is 32.2. The summed E-state index contributed by atoms with van der Waals surface area (Å²) >= 11 is 3.40. The molecule has 1 saturated carbocycles. The van der Waals surface area contributed by atoms with Crippen molar-refractivity contribution >= 4 is 40.0 Å². The van der Waals surface area contributed by atoms with Crippen molar-refractivity contribution < 1.29 is 4.79 Å². The van der Waals surface area contributed by atoms with E-state index in [9.17, 15) is 4.79 Å². The summed E-state index contributed by atoms with van der Waals surface area (Å²) in [6, 6.07) is 14.6. The number of carbonyl (C=O) groups excluding carboxylic acids is 1. The number of thiazole rings is 1. The molecule has 1 amide bonds. The normalized spacial score (nSPS) is 18.4. The van der Waals surface area contributed by atoms with Crippen LogP contribution in [0, 0.1) is 6.92 Å². The molecule has 2 aromatic heterocycles. The van der Waals surface area contributed by atoms with Gasteiger partial charge in [0.05, 0.1) is 21.4 Å². The Bertz CT molecular complexity index is 1340. The maximum atomic E-state index is 13.9. The summed E-state index contributed by atoms with van der Waals surface area (Å²) in [7, 11) is 0. The van der Waals surface area contributed by atoms with Crippen molar-refractivity contribution in [3.8, 4) is 10.4 Å². The third-order valence-electron chi connectivity index (χ3n) is 6.63. The number of rotatable bonds is 5. The van der Waals surface area contributed by atoms with Gasteiger partial charge in [0.2, 0.25) is 0 Å². The Kier molecular flexibility index (Phi) is 5.26. The molecule has 0 spiro atoms. The Morgan fingerprint density at radius 2 is 1.94 bits per heavy atom. The van der Waals surface area contributed by atoms with Crippen LogP contribution >= 0.6 is 23.1 Å². The summed E-state index contributed by atoms with van der Waals surface area (Å²) in [5, 5.41) is 1.11. The number of nitrogens with one attached hydrogen (secondary N) is 1. The molecule has 0 radical (unpaired) electrons. The average Bonchev–Trinajstić information content (AvgIpc) is 3.24. The van der Waals surface area contributed by atoms with Gasteiger partial charge in [-0.15, -0.1) is 23.1 Å². The van der Waals surface area contributed by atoms with Gasteiger partial charge in [-0.1, -0.05) is 35.9 Å². The van der Waals surface area contributed by atoms with E-state index >= 15 is 0 Å². The highest BCUT2D eigenvalue weighted by molar-refractivity contribution is 7.98. The molecule has 4 aromatic rings. The molecule has 168 valence electrons. The van der Waals surface area contributed by atoms with Gasteiger partial charge in [0, 0.05) is 17.4 Å². The van der Waals surface area contributed by atoms with Crippen LogP contribution in [0.3, 0.4) is 0 Å². The molecule has 3 heterocycles. The number of H-pyrrole nitrogens is 1. The summed E-state index contributed by atoms with van der Waals surface area (Å²) in [5.41, 5.74) is 4.93. The van der Waals surface area contributed by atoms with E-state index in [-0.39, 0.29) is 11.9 Å². The minimum absolute atomic E-state index is 0.0294. The van der Waals surface area contributed by atoms with E-state index in [1.165, 1.54) is 18.4 Å². The fourth-order valence-electron chi connectivity index (χ4n) is 4.66. The van der Waals surface area contributed by atoms with Crippen molar-refractivity contribution in [1.82, 2.24) is 19.9 Å². The number of nitrogens with zero attached hydrogens (tertiary/aromatic N) is 3. The number of likely N-dealkylation sites (tertiary alicyclic amines) is 1. The molecule has 5 nitrogen and oxygen atoms in total. The van der Waals surface area contributed by atoms with Gasteiger partial charge < -0.3 is 9.88 Å². The van der Waals surface area contributed by atoms with Crippen molar-refractivity contribution in [2.24, 2.45) is 0 Å². The van der Waals surface area contributed by atoms with E-state index in [2.05, 4.69) is 60.6 Å². The maximum Gasteiger partial charge on any atom is 0.274 e. The fraction of sp³-hybridized carbons (Fsp3) is 0.346. The van der Waals surface area contributed by atoms with Crippen molar-refractivity contribution in [3.63, 3.8) is 0 Å². The first-order chi connectivity index (χ1) is 16.1. The number of hydrogen-bond acceptors (Lipinski definition) is 5. The minimum Gasteiger partial charge on any atom is -0.340 e. The summed E-state index contributed by atoms with van der Waals surface area (Å²) in [6.45, 7) is 2.82. The number of hydrogen-bond donors (Lipinski definition) is 1. The van der Waals surface area contributed by atoms with Gasteiger partial charge in [-0.3, -0.25) is 4.79 Å². The highest BCUT2D eigenvalue weighted by Crippen LogP contribution is 2.45. The van der Waals surface area contributed by atoms with Crippen LogP contribution in [0.4, 0.5) is 0 Å². The molecule has 1 N–H and O–H groups in total. The lowest BCUT2D eigenvalue weighted by molar-refractivity contribution is 0.0726. The number of aryl methyl sites for hydroxylation is 1. The smallest absolute Gasteiger partial charge is 0.274 e. The molecule has 2 aliphatic rings. The van der Waals surface area contributed by atoms with E-state index in [0.29, 0.717) is 11.6 Å². The van der Waals surface area contributed by atoms with Crippen LogP contribution in [0.2, 0.25) is 0 Å². The Morgan fingerprint density at radius 3 is 2.70 bits per heavy atom. The topological polar surface area (TPSA) is 61.9 Å². The van der Waals surface area contributed by atoms with E-state index in [0.717, 1.165) is 56.6 Å².